The van der Waals surface area contributed by atoms with E-state index in [0.29, 0.717) is 42.6 Å². The first-order valence-electron chi connectivity index (χ1n) is 15.5. The third-order valence-corrected chi connectivity index (χ3v) is 8.78. The molecule has 3 atom stereocenters. The van der Waals surface area contributed by atoms with Gasteiger partial charge in [-0.3, -0.25) is 9.59 Å². The highest BCUT2D eigenvalue weighted by molar-refractivity contribution is 6.30. The Morgan fingerprint density at radius 3 is 2.63 bits per heavy atom. The van der Waals surface area contributed by atoms with Crippen molar-refractivity contribution in [1.82, 2.24) is 14.8 Å². The second-order valence-electron chi connectivity index (χ2n) is 11.5. The summed E-state index contributed by atoms with van der Waals surface area (Å²) in [5, 5.41) is 3.95. The van der Waals surface area contributed by atoms with Gasteiger partial charge in [0.15, 0.2) is 11.5 Å². The Bertz CT molecular complexity index is 1680. The molecule has 0 bridgehead atoms. The Balaban J connectivity index is 1.17. The van der Waals surface area contributed by atoms with Gasteiger partial charge in [0, 0.05) is 54.4 Å². The minimum Gasteiger partial charge on any atom is -0.493 e. The number of halogens is 1. The fraction of sp³-hybridized carbons (Fsp3) is 0.333. The molecule has 1 unspecified atom stereocenters. The standard InChI is InChI=1S/C36H38ClN3O6/c1-43-32-12-6-10-27(36(32)44-2)35-28-20-25(37)13-14-29(28)40-18-7-11-30(40)31(46-35)15-16-33(41)39-19-17-38-26(22-39)21-34(42)45-23-24-8-4-3-5-9-24/h3-14,18,20,26,31,35,38H,15-17,19,21-23H2,1-2H3/t26?,31-,35-/m1/s1. The molecule has 10 heteroatoms. The van der Waals surface area contributed by atoms with E-state index in [0.717, 1.165) is 28.1 Å². The fourth-order valence-electron chi connectivity index (χ4n) is 6.31. The molecule has 0 radical (unpaired) electrons. The number of carbonyl (C=O) groups excluding carboxylic acids is 2. The number of carbonyl (C=O) groups is 2. The summed E-state index contributed by atoms with van der Waals surface area (Å²) in [7, 11) is 3.22. The number of amides is 1. The van der Waals surface area contributed by atoms with Crippen LogP contribution in [-0.4, -0.2) is 61.2 Å². The van der Waals surface area contributed by atoms with E-state index >= 15 is 0 Å². The van der Waals surface area contributed by atoms with Gasteiger partial charge >= 0.3 is 5.97 Å². The molecule has 3 heterocycles. The fourth-order valence-corrected chi connectivity index (χ4v) is 6.49. The van der Waals surface area contributed by atoms with Gasteiger partial charge in [0.1, 0.15) is 12.7 Å². The lowest BCUT2D eigenvalue weighted by Crippen LogP contribution is -2.53. The maximum Gasteiger partial charge on any atom is 0.307 e. The second-order valence-corrected chi connectivity index (χ2v) is 11.9. The first-order valence-corrected chi connectivity index (χ1v) is 15.9. The van der Waals surface area contributed by atoms with Crippen LogP contribution in [0.3, 0.4) is 0 Å². The predicted octanol–water partition coefficient (Wildman–Crippen LogP) is 6.02. The number of hydrogen-bond donors (Lipinski definition) is 1. The van der Waals surface area contributed by atoms with E-state index in [-0.39, 0.29) is 37.4 Å². The van der Waals surface area contributed by atoms with E-state index in [1.165, 1.54) is 0 Å². The van der Waals surface area contributed by atoms with Crippen molar-refractivity contribution in [3.05, 3.63) is 112 Å². The average molecular weight is 644 g/mol. The Labute approximate surface area is 274 Å². The molecule has 1 fully saturated rings. The molecule has 2 aliphatic rings. The first-order chi connectivity index (χ1) is 22.4. The number of methoxy groups -OCH3 is 2. The number of nitrogens with zero attached hydrogens (tertiary/aromatic N) is 2. The zero-order chi connectivity index (χ0) is 32.0. The Morgan fingerprint density at radius 2 is 1.83 bits per heavy atom. The van der Waals surface area contributed by atoms with Gasteiger partial charge in [-0.25, -0.2) is 0 Å². The second kappa shape index (κ2) is 14.4. The molecule has 1 aromatic heterocycles. The van der Waals surface area contributed by atoms with Crippen LogP contribution in [-0.2, 0) is 25.7 Å². The van der Waals surface area contributed by atoms with Crippen molar-refractivity contribution < 1.29 is 28.5 Å². The van der Waals surface area contributed by atoms with Crippen molar-refractivity contribution in [2.45, 2.75) is 44.1 Å². The zero-order valence-electron chi connectivity index (χ0n) is 26.0. The van der Waals surface area contributed by atoms with Gasteiger partial charge in [-0.2, -0.15) is 0 Å². The highest BCUT2D eigenvalue weighted by atomic mass is 35.5. The summed E-state index contributed by atoms with van der Waals surface area (Å²) in [6, 6.07) is 24.9. The summed E-state index contributed by atoms with van der Waals surface area (Å²) < 4.78 is 25.9. The minimum atomic E-state index is -0.538. The number of para-hydroxylation sites is 1. The first kappa shape index (κ1) is 31.7. The van der Waals surface area contributed by atoms with E-state index in [4.69, 9.17) is 30.5 Å². The molecule has 1 saturated heterocycles. The molecule has 0 saturated carbocycles. The summed E-state index contributed by atoms with van der Waals surface area (Å²) >= 11 is 6.52. The van der Waals surface area contributed by atoms with Gasteiger partial charge < -0.3 is 33.7 Å². The predicted molar refractivity (Wildman–Crippen MR) is 174 cm³/mol. The lowest BCUT2D eigenvalue weighted by molar-refractivity contribution is -0.146. The Hall–Kier alpha value is -4.31. The molecular formula is C36H38ClN3O6. The summed E-state index contributed by atoms with van der Waals surface area (Å²) in [5.74, 6) is 0.907. The van der Waals surface area contributed by atoms with Crippen molar-refractivity contribution in [3.8, 4) is 17.2 Å². The normalized spacial score (nSPS) is 19.0. The quantitative estimate of drug-likeness (QED) is 0.211. The Kier molecular flexibility index (Phi) is 9.92. The Morgan fingerprint density at radius 1 is 0.978 bits per heavy atom. The third kappa shape index (κ3) is 6.92. The number of benzene rings is 3. The summed E-state index contributed by atoms with van der Waals surface area (Å²) in [4.78, 5) is 28.0. The maximum absolute atomic E-state index is 13.6. The SMILES string of the molecule is COc1cccc([C@H]2O[C@H](CCC(=O)N3CCNC(CC(=O)OCc4ccccc4)C3)c3cccn3-c3ccc(Cl)cc32)c1OC. The number of esters is 1. The van der Waals surface area contributed by atoms with Crippen LogP contribution < -0.4 is 14.8 Å². The number of nitrogens with one attached hydrogen (secondary N) is 1. The lowest BCUT2D eigenvalue weighted by Gasteiger charge is -2.34. The molecular weight excluding hydrogens is 606 g/mol. The van der Waals surface area contributed by atoms with Crippen LogP contribution in [0.2, 0.25) is 5.02 Å². The summed E-state index contributed by atoms with van der Waals surface area (Å²) in [6.07, 6.45) is 1.99. The van der Waals surface area contributed by atoms with Crippen molar-refractivity contribution in [2.75, 3.05) is 33.9 Å². The van der Waals surface area contributed by atoms with Crippen LogP contribution in [0.15, 0.2) is 85.1 Å². The van der Waals surface area contributed by atoms with E-state index in [1.807, 2.05) is 90.0 Å². The van der Waals surface area contributed by atoms with Gasteiger partial charge in [-0.05, 0) is 48.4 Å². The van der Waals surface area contributed by atoms with E-state index < -0.39 is 12.2 Å². The average Bonchev–Trinajstić information content (AvgIpc) is 3.53. The summed E-state index contributed by atoms with van der Waals surface area (Å²) in [5.41, 5.74) is 4.51. The van der Waals surface area contributed by atoms with Crippen LogP contribution >= 0.6 is 11.6 Å². The molecule has 9 nitrogen and oxygen atoms in total. The molecule has 4 aromatic rings. The molecule has 1 N–H and O–H groups in total. The zero-order valence-corrected chi connectivity index (χ0v) is 26.7. The van der Waals surface area contributed by atoms with Gasteiger partial charge in [0.2, 0.25) is 5.91 Å². The lowest BCUT2D eigenvalue weighted by atomic mass is 9.98. The van der Waals surface area contributed by atoms with Crippen LogP contribution in [0.25, 0.3) is 5.69 Å². The van der Waals surface area contributed by atoms with Crippen molar-refractivity contribution >= 4 is 23.5 Å². The number of fused-ring (bicyclic) bond motifs is 3. The van der Waals surface area contributed by atoms with Gasteiger partial charge in [0.25, 0.3) is 0 Å². The molecule has 240 valence electrons. The van der Waals surface area contributed by atoms with Crippen LogP contribution in [0.4, 0.5) is 0 Å². The summed E-state index contributed by atoms with van der Waals surface area (Å²) in [6.45, 7) is 1.86. The molecule has 1 amide bonds. The molecule has 0 aliphatic carbocycles. The monoisotopic (exact) mass is 643 g/mol. The third-order valence-electron chi connectivity index (χ3n) is 8.54. The van der Waals surface area contributed by atoms with Crippen molar-refractivity contribution in [2.24, 2.45) is 0 Å². The minimum absolute atomic E-state index is 0.0196. The largest absolute Gasteiger partial charge is 0.493 e. The highest BCUT2D eigenvalue weighted by Crippen LogP contribution is 2.46. The molecule has 3 aromatic carbocycles. The van der Waals surface area contributed by atoms with Crippen LogP contribution in [0.5, 0.6) is 11.5 Å². The molecule has 46 heavy (non-hydrogen) atoms. The topological polar surface area (TPSA) is 91.3 Å². The van der Waals surface area contributed by atoms with Gasteiger partial charge in [-0.15, -0.1) is 0 Å². The van der Waals surface area contributed by atoms with Crippen LogP contribution in [0, 0.1) is 0 Å². The van der Waals surface area contributed by atoms with Gasteiger partial charge in [-0.1, -0.05) is 54.1 Å². The van der Waals surface area contributed by atoms with E-state index in [2.05, 4.69) is 9.88 Å². The number of ether oxygens (including phenoxy) is 4. The van der Waals surface area contributed by atoms with Gasteiger partial charge in [0.05, 0.1) is 38.1 Å². The van der Waals surface area contributed by atoms with Crippen LogP contribution in [0.1, 0.15) is 53.9 Å². The highest BCUT2D eigenvalue weighted by Gasteiger charge is 2.34. The van der Waals surface area contributed by atoms with Crippen molar-refractivity contribution in [3.63, 3.8) is 0 Å². The molecule has 2 aliphatic heterocycles. The number of hydrogen-bond acceptors (Lipinski definition) is 7. The molecule has 0 spiro atoms. The number of rotatable bonds is 10. The number of aromatic nitrogens is 1. The van der Waals surface area contributed by atoms with Crippen molar-refractivity contribution in [1.29, 1.82) is 0 Å². The smallest absolute Gasteiger partial charge is 0.307 e. The van der Waals surface area contributed by atoms with E-state index in [1.54, 1.807) is 14.2 Å². The molecule has 6 rings (SSSR count). The van der Waals surface area contributed by atoms with E-state index in [9.17, 15) is 9.59 Å². The number of piperazine rings is 1. The maximum atomic E-state index is 13.6.